The standard InChI is InChI=1S/C25H34O2/c1-4-5-6-7-8-9-23-18-22(21-12-15-24(27)16-13-21)14-17-25(23)19(2)10-11-20(3)26/h10-12,15,18,26-27H,2-9,13-14,16-17H2,1H3/b11-10-. The quantitative estimate of drug-likeness (QED) is 0.236. The lowest BCUT2D eigenvalue weighted by Gasteiger charge is -2.24. The third-order valence-electron chi connectivity index (χ3n) is 5.33. The van der Waals surface area contributed by atoms with E-state index in [4.69, 9.17) is 0 Å². The van der Waals surface area contributed by atoms with Crippen LogP contribution in [0, 0.1) is 0 Å². The van der Waals surface area contributed by atoms with Gasteiger partial charge in [0.15, 0.2) is 0 Å². The van der Waals surface area contributed by atoms with Crippen LogP contribution >= 0.6 is 0 Å². The van der Waals surface area contributed by atoms with Gasteiger partial charge in [-0.2, -0.15) is 0 Å². The largest absolute Gasteiger partial charge is 0.512 e. The molecule has 0 heterocycles. The van der Waals surface area contributed by atoms with Crippen LogP contribution in [-0.2, 0) is 0 Å². The van der Waals surface area contributed by atoms with E-state index in [0.29, 0.717) is 5.76 Å². The molecule has 0 radical (unpaired) electrons. The van der Waals surface area contributed by atoms with Crippen molar-refractivity contribution in [3.63, 3.8) is 0 Å². The molecule has 0 saturated carbocycles. The van der Waals surface area contributed by atoms with E-state index in [0.717, 1.165) is 37.7 Å². The smallest absolute Gasteiger partial charge is 0.108 e. The van der Waals surface area contributed by atoms with Crippen molar-refractivity contribution >= 4 is 0 Å². The van der Waals surface area contributed by atoms with E-state index >= 15 is 0 Å². The van der Waals surface area contributed by atoms with E-state index in [2.05, 4.69) is 32.2 Å². The second kappa shape index (κ2) is 10.8. The molecule has 146 valence electrons. The first-order valence-corrected chi connectivity index (χ1v) is 10.3. The van der Waals surface area contributed by atoms with E-state index in [1.54, 1.807) is 6.08 Å². The molecule has 2 rings (SSSR count). The summed E-state index contributed by atoms with van der Waals surface area (Å²) < 4.78 is 0. The van der Waals surface area contributed by atoms with Crippen molar-refractivity contribution in [2.75, 3.05) is 0 Å². The van der Waals surface area contributed by atoms with E-state index in [1.807, 2.05) is 12.2 Å². The topological polar surface area (TPSA) is 40.5 Å². The van der Waals surface area contributed by atoms with Gasteiger partial charge in [0, 0.05) is 6.42 Å². The monoisotopic (exact) mass is 366 g/mol. The summed E-state index contributed by atoms with van der Waals surface area (Å²) in [6.45, 7) is 9.98. The summed E-state index contributed by atoms with van der Waals surface area (Å²) in [5.41, 5.74) is 6.40. The second-order valence-electron chi connectivity index (χ2n) is 7.54. The number of hydrogen-bond donors (Lipinski definition) is 2. The number of aliphatic hydroxyl groups excluding tert-OH is 2. The Morgan fingerprint density at radius 3 is 2.37 bits per heavy atom. The third-order valence-corrected chi connectivity index (χ3v) is 5.33. The molecule has 0 bridgehead atoms. The van der Waals surface area contributed by atoms with Crippen LogP contribution in [0.4, 0.5) is 0 Å². The van der Waals surface area contributed by atoms with Gasteiger partial charge < -0.3 is 10.2 Å². The zero-order chi connectivity index (χ0) is 19.6. The van der Waals surface area contributed by atoms with Crippen LogP contribution < -0.4 is 0 Å². The van der Waals surface area contributed by atoms with Crippen molar-refractivity contribution in [2.24, 2.45) is 0 Å². The van der Waals surface area contributed by atoms with Crippen LogP contribution in [0.2, 0.25) is 0 Å². The molecule has 0 aromatic carbocycles. The van der Waals surface area contributed by atoms with Crippen LogP contribution in [0.1, 0.15) is 71.1 Å². The minimum atomic E-state index is 0.0591. The molecule has 0 spiro atoms. The van der Waals surface area contributed by atoms with Gasteiger partial charge in [-0.3, -0.25) is 0 Å². The highest BCUT2D eigenvalue weighted by atomic mass is 16.3. The molecule has 27 heavy (non-hydrogen) atoms. The molecule has 0 aliphatic heterocycles. The molecule has 0 atom stereocenters. The fourth-order valence-electron chi connectivity index (χ4n) is 3.74. The maximum Gasteiger partial charge on any atom is 0.108 e. The van der Waals surface area contributed by atoms with Crippen LogP contribution in [0.3, 0.4) is 0 Å². The van der Waals surface area contributed by atoms with Gasteiger partial charge in [0.05, 0.1) is 5.76 Å². The SMILES string of the molecule is C=C(O)/C=C\C(=C)C1=C(CCCCCCC)C=C(C2=CC=C(O)CC2)CC1. The minimum absolute atomic E-state index is 0.0591. The third kappa shape index (κ3) is 6.78. The first-order valence-electron chi connectivity index (χ1n) is 10.3. The lowest BCUT2D eigenvalue weighted by atomic mass is 9.82. The van der Waals surface area contributed by atoms with Crippen molar-refractivity contribution < 1.29 is 10.2 Å². The number of aliphatic hydroxyl groups is 2. The number of allylic oxidation sites excluding steroid dienone is 11. The Bertz CT molecular complexity index is 711. The molecule has 0 aromatic heterocycles. The molecule has 2 N–H and O–H groups in total. The minimum Gasteiger partial charge on any atom is -0.512 e. The number of rotatable bonds is 10. The van der Waals surface area contributed by atoms with Crippen LogP contribution in [-0.4, -0.2) is 10.2 Å². The Hall–Kier alpha value is -2.22. The van der Waals surface area contributed by atoms with Gasteiger partial charge in [0.1, 0.15) is 5.76 Å². The van der Waals surface area contributed by atoms with Crippen LogP contribution in [0.5, 0.6) is 0 Å². The Morgan fingerprint density at radius 1 is 0.963 bits per heavy atom. The summed E-state index contributed by atoms with van der Waals surface area (Å²) in [6, 6.07) is 0. The highest BCUT2D eigenvalue weighted by molar-refractivity contribution is 5.52. The molecule has 2 nitrogen and oxygen atoms in total. The van der Waals surface area contributed by atoms with Crippen molar-refractivity contribution in [3.05, 3.63) is 82.9 Å². The number of unbranched alkanes of at least 4 members (excludes halogenated alkanes) is 4. The van der Waals surface area contributed by atoms with Crippen LogP contribution in [0.15, 0.2) is 82.9 Å². The average molecular weight is 367 g/mol. The molecule has 0 unspecified atom stereocenters. The van der Waals surface area contributed by atoms with E-state index in [1.165, 1.54) is 54.4 Å². The fourth-order valence-corrected chi connectivity index (χ4v) is 3.74. The summed E-state index contributed by atoms with van der Waals surface area (Å²) >= 11 is 0. The predicted octanol–water partition coefficient (Wildman–Crippen LogP) is 7.71. The predicted molar refractivity (Wildman–Crippen MR) is 116 cm³/mol. The summed E-state index contributed by atoms with van der Waals surface area (Å²) in [5, 5.41) is 19.0. The Labute approximate surface area is 164 Å². The van der Waals surface area contributed by atoms with Gasteiger partial charge >= 0.3 is 0 Å². The van der Waals surface area contributed by atoms with Gasteiger partial charge in [-0.25, -0.2) is 0 Å². The molecular formula is C25H34O2. The lowest BCUT2D eigenvalue weighted by molar-refractivity contribution is 0.386. The second-order valence-corrected chi connectivity index (χ2v) is 7.54. The fraction of sp³-hybridized carbons (Fsp3) is 0.440. The maximum absolute atomic E-state index is 9.62. The first-order chi connectivity index (χ1) is 13.0. The van der Waals surface area contributed by atoms with E-state index in [9.17, 15) is 10.2 Å². The number of hydrogen-bond acceptors (Lipinski definition) is 2. The molecule has 0 fully saturated rings. The molecule has 2 heteroatoms. The Kier molecular flexibility index (Phi) is 8.44. The molecule has 2 aliphatic carbocycles. The van der Waals surface area contributed by atoms with Gasteiger partial charge in [-0.05, 0) is 72.1 Å². The summed E-state index contributed by atoms with van der Waals surface area (Å²) in [7, 11) is 0. The Morgan fingerprint density at radius 2 is 1.70 bits per heavy atom. The average Bonchev–Trinajstić information content (AvgIpc) is 2.66. The molecule has 0 saturated heterocycles. The highest BCUT2D eigenvalue weighted by Gasteiger charge is 2.18. The van der Waals surface area contributed by atoms with E-state index < -0.39 is 0 Å². The van der Waals surface area contributed by atoms with Gasteiger partial charge in [-0.1, -0.05) is 64.0 Å². The van der Waals surface area contributed by atoms with Crippen molar-refractivity contribution in [1.82, 2.24) is 0 Å². The Balaban J connectivity index is 2.19. The van der Waals surface area contributed by atoms with Gasteiger partial charge in [0.2, 0.25) is 0 Å². The van der Waals surface area contributed by atoms with Gasteiger partial charge in [-0.15, -0.1) is 0 Å². The summed E-state index contributed by atoms with van der Waals surface area (Å²) in [5.74, 6) is 0.536. The van der Waals surface area contributed by atoms with Gasteiger partial charge in [0.25, 0.3) is 0 Å². The van der Waals surface area contributed by atoms with Crippen molar-refractivity contribution in [2.45, 2.75) is 71.1 Å². The van der Waals surface area contributed by atoms with Crippen molar-refractivity contribution in [1.29, 1.82) is 0 Å². The molecule has 0 aromatic rings. The zero-order valence-electron chi connectivity index (χ0n) is 16.8. The van der Waals surface area contributed by atoms with E-state index in [-0.39, 0.29) is 5.76 Å². The molecule has 2 aliphatic rings. The normalized spacial score (nSPS) is 17.6. The molecular weight excluding hydrogens is 332 g/mol. The first kappa shape index (κ1) is 21.1. The molecule has 0 amide bonds. The van der Waals surface area contributed by atoms with Crippen molar-refractivity contribution in [3.8, 4) is 0 Å². The highest BCUT2D eigenvalue weighted by Crippen LogP contribution is 2.36. The van der Waals surface area contributed by atoms with Crippen LogP contribution in [0.25, 0.3) is 0 Å². The summed E-state index contributed by atoms with van der Waals surface area (Å²) in [4.78, 5) is 0. The maximum atomic E-state index is 9.62. The zero-order valence-corrected chi connectivity index (χ0v) is 16.8. The lowest BCUT2D eigenvalue weighted by Crippen LogP contribution is -2.05. The summed E-state index contributed by atoms with van der Waals surface area (Å²) in [6.07, 6.45) is 20.8.